The maximum Gasteiger partial charge on any atom is 0.252 e. The Kier molecular flexibility index (Phi) is 7.52. The zero-order chi connectivity index (χ0) is 20.7. The predicted molar refractivity (Wildman–Crippen MR) is 106 cm³/mol. The molecule has 2 rings (SSSR count). The molecule has 1 saturated heterocycles. The van der Waals surface area contributed by atoms with Crippen molar-refractivity contribution in [2.75, 3.05) is 26.7 Å². The second-order valence-corrected chi connectivity index (χ2v) is 6.64. The summed E-state index contributed by atoms with van der Waals surface area (Å²) in [6.07, 6.45) is 2.32. The van der Waals surface area contributed by atoms with E-state index in [9.17, 15) is 14.4 Å². The monoisotopic (exact) mass is 385 g/mol. The number of nitrogens with zero attached hydrogens (tertiary/aromatic N) is 2. The molecule has 7 nitrogen and oxygen atoms in total. The first-order chi connectivity index (χ1) is 13.4. The van der Waals surface area contributed by atoms with Crippen LogP contribution in [0, 0.1) is 0 Å². The van der Waals surface area contributed by atoms with Crippen LogP contribution >= 0.6 is 0 Å². The van der Waals surface area contributed by atoms with E-state index in [0.717, 1.165) is 5.56 Å². The van der Waals surface area contributed by atoms with Gasteiger partial charge in [-0.2, -0.15) is 0 Å². The van der Waals surface area contributed by atoms with Gasteiger partial charge < -0.3 is 19.9 Å². The van der Waals surface area contributed by atoms with Crippen molar-refractivity contribution in [3.8, 4) is 0 Å². The van der Waals surface area contributed by atoms with Crippen LogP contribution in [0.15, 0.2) is 55.6 Å². The molecule has 3 atom stereocenters. The highest BCUT2D eigenvalue weighted by Gasteiger charge is 2.40. The smallest absolute Gasteiger partial charge is 0.252 e. The summed E-state index contributed by atoms with van der Waals surface area (Å²) < 4.78 is 5.57. The number of amides is 3. The summed E-state index contributed by atoms with van der Waals surface area (Å²) in [5.41, 5.74) is 0.789. The van der Waals surface area contributed by atoms with Crippen molar-refractivity contribution in [2.24, 2.45) is 0 Å². The summed E-state index contributed by atoms with van der Waals surface area (Å²) in [6, 6.07) is 7.90. The molecule has 3 unspecified atom stereocenters. The van der Waals surface area contributed by atoms with E-state index in [-0.39, 0.29) is 18.4 Å². The van der Waals surface area contributed by atoms with Gasteiger partial charge in [0.2, 0.25) is 11.8 Å². The van der Waals surface area contributed by atoms with Crippen LogP contribution in [0.3, 0.4) is 0 Å². The molecule has 1 fully saturated rings. The summed E-state index contributed by atoms with van der Waals surface area (Å²) in [4.78, 5) is 40.7. The van der Waals surface area contributed by atoms with Crippen molar-refractivity contribution in [3.63, 3.8) is 0 Å². The average Bonchev–Trinajstić information content (AvgIpc) is 2.69. The molecule has 3 amide bonds. The Balaban J connectivity index is 2.16. The molecule has 1 aliphatic heterocycles. The van der Waals surface area contributed by atoms with E-state index in [0.29, 0.717) is 13.1 Å². The van der Waals surface area contributed by atoms with Crippen molar-refractivity contribution >= 4 is 17.7 Å². The normalized spacial score (nSPS) is 20.2. The van der Waals surface area contributed by atoms with Crippen LogP contribution in [0.4, 0.5) is 0 Å². The fourth-order valence-corrected chi connectivity index (χ4v) is 3.18. The summed E-state index contributed by atoms with van der Waals surface area (Å²) in [6.45, 7) is 9.44. The predicted octanol–water partition coefficient (Wildman–Crippen LogP) is 1.29. The standard InChI is InChI=1S/C21H27N3O4/c1-5-12-24(13-6-2)21(27)15(3)22-20(26)19-18(16-10-8-7-9-11-16)23(4)17(25)14-28-19/h5-11,15,18-19H,1-2,12-14H2,3-4H3,(H,22,26). The number of morpholine rings is 1. The lowest BCUT2D eigenvalue weighted by Crippen LogP contribution is -2.56. The summed E-state index contributed by atoms with van der Waals surface area (Å²) in [5.74, 6) is -0.888. The van der Waals surface area contributed by atoms with Gasteiger partial charge in [-0.3, -0.25) is 14.4 Å². The lowest BCUT2D eigenvalue weighted by Gasteiger charge is -2.38. The van der Waals surface area contributed by atoms with E-state index in [2.05, 4.69) is 18.5 Å². The van der Waals surface area contributed by atoms with E-state index < -0.39 is 24.1 Å². The van der Waals surface area contributed by atoms with Crippen LogP contribution in [-0.4, -0.2) is 66.4 Å². The molecule has 1 N–H and O–H groups in total. The van der Waals surface area contributed by atoms with E-state index in [1.807, 2.05) is 30.3 Å². The zero-order valence-corrected chi connectivity index (χ0v) is 16.3. The van der Waals surface area contributed by atoms with Crippen molar-refractivity contribution in [2.45, 2.75) is 25.1 Å². The third-order valence-electron chi connectivity index (χ3n) is 4.62. The third-order valence-corrected chi connectivity index (χ3v) is 4.62. The molecule has 0 saturated carbocycles. The maximum atomic E-state index is 12.9. The van der Waals surface area contributed by atoms with Gasteiger partial charge in [-0.25, -0.2) is 0 Å². The first kappa shape index (κ1) is 21.4. The Labute approximate surface area is 165 Å². The minimum Gasteiger partial charge on any atom is -0.356 e. The largest absolute Gasteiger partial charge is 0.356 e. The summed E-state index contributed by atoms with van der Waals surface area (Å²) in [5, 5.41) is 2.72. The van der Waals surface area contributed by atoms with Gasteiger partial charge in [0.15, 0.2) is 6.10 Å². The van der Waals surface area contributed by atoms with Crippen LogP contribution in [0.1, 0.15) is 18.5 Å². The number of nitrogens with one attached hydrogen (secondary N) is 1. The molecule has 1 heterocycles. The zero-order valence-electron chi connectivity index (χ0n) is 16.3. The van der Waals surface area contributed by atoms with Crippen molar-refractivity contribution < 1.29 is 19.1 Å². The Morgan fingerprint density at radius 2 is 1.89 bits per heavy atom. The highest BCUT2D eigenvalue weighted by Crippen LogP contribution is 2.29. The van der Waals surface area contributed by atoms with Crippen LogP contribution in [0.25, 0.3) is 0 Å². The molecule has 0 aromatic heterocycles. The minimum absolute atomic E-state index is 0.181. The molecule has 150 valence electrons. The fraction of sp³-hybridized carbons (Fsp3) is 0.381. The number of hydrogen-bond donors (Lipinski definition) is 1. The molecule has 1 aliphatic rings. The van der Waals surface area contributed by atoms with Gasteiger partial charge in [0, 0.05) is 20.1 Å². The summed E-state index contributed by atoms with van der Waals surface area (Å²) >= 11 is 0. The number of hydrogen-bond acceptors (Lipinski definition) is 4. The van der Waals surface area contributed by atoms with Crippen molar-refractivity contribution in [1.29, 1.82) is 0 Å². The summed E-state index contributed by atoms with van der Waals surface area (Å²) in [7, 11) is 1.65. The fourth-order valence-electron chi connectivity index (χ4n) is 3.18. The van der Waals surface area contributed by atoms with Crippen LogP contribution in [0.2, 0.25) is 0 Å². The molecule has 0 spiro atoms. The lowest BCUT2D eigenvalue weighted by molar-refractivity contribution is -0.163. The van der Waals surface area contributed by atoms with Gasteiger partial charge in [0.1, 0.15) is 12.6 Å². The van der Waals surface area contributed by atoms with Crippen LogP contribution in [0.5, 0.6) is 0 Å². The second kappa shape index (κ2) is 9.85. The van der Waals surface area contributed by atoms with Crippen LogP contribution < -0.4 is 5.32 Å². The van der Waals surface area contributed by atoms with Gasteiger partial charge in [-0.05, 0) is 12.5 Å². The van der Waals surface area contributed by atoms with Gasteiger partial charge in [0.25, 0.3) is 5.91 Å². The van der Waals surface area contributed by atoms with Gasteiger partial charge >= 0.3 is 0 Å². The van der Waals surface area contributed by atoms with Crippen molar-refractivity contribution in [3.05, 3.63) is 61.2 Å². The SMILES string of the molecule is C=CCN(CC=C)C(=O)C(C)NC(=O)C1OCC(=O)N(C)C1c1ccccc1. The molecule has 0 bridgehead atoms. The number of carbonyl (C=O) groups is 3. The minimum atomic E-state index is -0.910. The van der Waals surface area contributed by atoms with E-state index in [4.69, 9.17) is 4.74 Å². The van der Waals surface area contributed by atoms with Gasteiger partial charge in [-0.1, -0.05) is 42.5 Å². The molecule has 1 aromatic rings. The number of benzene rings is 1. The Bertz CT molecular complexity index is 724. The van der Waals surface area contributed by atoms with Gasteiger partial charge in [-0.15, -0.1) is 13.2 Å². The highest BCUT2D eigenvalue weighted by atomic mass is 16.5. The van der Waals surface area contributed by atoms with E-state index in [1.54, 1.807) is 26.1 Å². The maximum absolute atomic E-state index is 12.9. The molecule has 0 aliphatic carbocycles. The Morgan fingerprint density at radius 3 is 2.46 bits per heavy atom. The van der Waals surface area contributed by atoms with Gasteiger partial charge in [0.05, 0.1) is 6.04 Å². The third kappa shape index (κ3) is 4.86. The van der Waals surface area contributed by atoms with E-state index >= 15 is 0 Å². The molecule has 28 heavy (non-hydrogen) atoms. The van der Waals surface area contributed by atoms with E-state index in [1.165, 1.54) is 9.80 Å². The number of carbonyl (C=O) groups excluding carboxylic acids is 3. The molecule has 1 aromatic carbocycles. The molecule has 0 radical (unpaired) electrons. The second-order valence-electron chi connectivity index (χ2n) is 6.64. The number of likely N-dealkylation sites (N-methyl/N-ethyl adjacent to an activating group) is 1. The molecule has 7 heteroatoms. The average molecular weight is 385 g/mol. The Hall–Kier alpha value is -2.93. The first-order valence-corrected chi connectivity index (χ1v) is 9.13. The Morgan fingerprint density at radius 1 is 1.29 bits per heavy atom. The quantitative estimate of drug-likeness (QED) is 0.684. The van der Waals surface area contributed by atoms with Crippen LogP contribution in [-0.2, 0) is 19.1 Å². The number of rotatable bonds is 8. The first-order valence-electron chi connectivity index (χ1n) is 9.13. The molecular formula is C21H27N3O4. The highest BCUT2D eigenvalue weighted by molar-refractivity contribution is 5.91. The van der Waals surface area contributed by atoms with Crippen molar-refractivity contribution in [1.82, 2.24) is 15.1 Å². The molecular weight excluding hydrogens is 358 g/mol. The lowest BCUT2D eigenvalue weighted by atomic mass is 9.97. The topological polar surface area (TPSA) is 79.0 Å². The number of ether oxygens (including phenoxy) is 1.